The fourth-order valence-electron chi connectivity index (χ4n) is 2.22. The van der Waals surface area contributed by atoms with Gasteiger partial charge in [0.2, 0.25) is 5.91 Å². The molecule has 1 fully saturated rings. The van der Waals surface area contributed by atoms with Gasteiger partial charge in [-0.25, -0.2) is 0 Å². The summed E-state index contributed by atoms with van der Waals surface area (Å²) in [5, 5.41) is 3.05. The summed E-state index contributed by atoms with van der Waals surface area (Å²) in [6, 6.07) is 6.35. The summed E-state index contributed by atoms with van der Waals surface area (Å²) in [5.41, 5.74) is 9.25. The van der Waals surface area contributed by atoms with E-state index in [0.717, 1.165) is 5.56 Å². The van der Waals surface area contributed by atoms with E-state index in [2.05, 4.69) is 31.3 Å². The molecule has 0 aromatic heterocycles. The number of aryl methyl sites for hydroxylation is 2. The Morgan fingerprint density at radius 2 is 2.11 bits per heavy atom. The first-order valence-corrected chi connectivity index (χ1v) is 6.65. The largest absolute Gasteiger partial charge is 0.352 e. The maximum Gasteiger partial charge on any atom is 0.224 e. The van der Waals surface area contributed by atoms with Crippen LogP contribution in [-0.4, -0.2) is 18.5 Å². The quantitative estimate of drug-likeness (QED) is 0.831. The number of nitrogens with one attached hydrogen (secondary N) is 1. The molecular weight excluding hydrogens is 224 g/mol. The molecule has 1 atom stereocenters. The van der Waals surface area contributed by atoms with Gasteiger partial charge in [-0.1, -0.05) is 18.2 Å². The van der Waals surface area contributed by atoms with Crippen molar-refractivity contribution in [3.63, 3.8) is 0 Å². The minimum Gasteiger partial charge on any atom is -0.352 e. The monoisotopic (exact) mass is 246 g/mol. The number of rotatable bonds is 5. The highest BCUT2D eigenvalue weighted by molar-refractivity contribution is 5.79. The Morgan fingerprint density at radius 1 is 1.39 bits per heavy atom. The van der Waals surface area contributed by atoms with Crippen LogP contribution in [0.25, 0.3) is 0 Å². The zero-order chi connectivity index (χ0) is 13.1. The molecule has 1 aliphatic rings. The summed E-state index contributed by atoms with van der Waals surface area (Å²) in [6.45, 7) is 4.70. The van der Waals surface area contributed by atoms with E-state index < -0.39 is 0 Å². The second-order valence-corrected chi connectivity index (χ2v) is 5.34. The third-order valence-electron chi connectivity index (χ3n) is 3.73. The van der Waals surface area contributed by atoms with Gasteiger partial charge in [-0.05, 0) is 49.3 Å². The lowest BCUT2D eigenvalue weighted by atomic mass is 10.0. The van der Waals surface area contributed by atoms with Gasteiger partial charge in [-0.3, -0.25) is 4.79 Å². The smallest absolute Gasteiger partial charge is 0.224 e. The number of benzene rings is 1. The summed E-state index contributed by atoms with van der Waals surface area (Å²) in [7, 11) is 0. The Balaban J connectivity index is 1.91. The molecule has 3 heteroatoms. The van der Waals surface area contributed by atoms with Gasteiger partial charge < -0.3 is 11.1 Å². The molecule has 2 rings (SSSR count). The Bertz CT molecular complexity index is 438. The lowest BCUT2D eigenvalue weighted by molar-refractivity contribution is -0.121. The van der Waals surface area contributed by atoms with Crippen molar-refractivity contribution >= 4 is 5.91 Å². The zero-order valence-corrected chi connectivity index (χ0v) is 11.2. The second kappa shape index (κ2) is 5.53. The van der Waals surface area contributed by atoms with Crippen molar-refractivity contribution in [2.75, 3.05) is 6.54 Å². The van der Waals surface area contributed by atoms with Crippen molar-refractivity contribution in [2.45, 2.75) is 39.2 Å². The van der Waals surface area contributed by atoms with Crippen molar-refractivity contribution in [3.05, 3.63) is 34.9 Å². The van der Waals surface area contributed by atoms with E-state index in [0.29, 0.717) is 18.9 Å². The molecule has 0 saturated heterocycles. The molecule has 1 aromatic carbocycles. The number of carbonyl (C=O) groups excluding carboxylic acids is 1. The van der Waals surface area contributed by atoms with Gasteiger partial charge in [0.05, 0.1) is 6.42 Å². The summed E-state index contributed by atoms with van der Waals surface area (Å²) in [6.07, 6.45) is 2.85. The van der Waals surface area contributed by atoms with Gasteiger partial charge in [0.1, 0.15) is 0 Å². The van der Waals surface area contributed by atoms with Crippen molar-refractivity contribution in [3.8, 4) is 0 Å². The van der Waals surface area contributed by atoms with E-state index in [1.165, 1.54) is 24.0 Å². The van der Waals surface area contributed by atoms with Gasteiger partial charge in [0.25, 0.3) is 0 Å². The van der Waals surface area contributed by atoms with Gasteiger partial charge >= 0.3 is 0 Å². The van der Waals surface area contributed by atoms with Crippen LogP contribution >= 0.6 is 0 Å². The topological polar surface area (TPSA) is 55.1 Å². The molecule has 3 nitrogen and oxygen atoms in total. The normalized spacial score (nSPS) is 16.4. The Kier molecular flexibility index (Phi) is 4.02. The molecular formula is C15H22N2O. The zero-order valence-electron chi connectivity index (χ0n) is 11.2. The van der Waals surface area contributed by atoms with Gasteiger partial charge in [-0.15, -0.1) is 0 Å². The lowest BCUT2D eigenvalue weighted by Gasteiger charge is -2.16. The minimum atomic E-state index is 0.0839. The van der Waals surface area contributed by atoms with Crippen LogP contribution in [0.3, 0.4) is 0 Å². The van der Waals surface area contributed by atoms with Crippen molar-refractivity contribution in [1.29, 1.82) is 0 Å². The van der Waals surface area contributed by atoms with Gasteiger partial charge in [0, 0.05) is 12.6 Å². The summed E-state index contributed by atoms with van der Waals surface area (Å²) in [5.74, 6) is 0.694. The predicted molar refractivity (Wildman–Crippen MR) is 73.3 cm³/mol. The average molecular weight is 246 g/mol. The third kappa shape index (κ3) is 3.33. The predicted octanol–water partition coefficient (Wildman–Crippen LogP) is 1.70. The molecule has 98 valence electrons. The van der Waals surface area contributed by atoms with E-state index in [1.54, 1.807) is 0 Å². The van der Waals surface area contributed by atoms with Crippen LogP contribution in [0.5, 0.6) is 0 Å². The Morgan fingerprint density at radius 3 is 2.67 bits per heavy atom. The first kappa shape index (κ1) is 13.1. The molecule has 18 heavy (non-hydrogen) atoms. The van der Waals surface area contributed by atoms with Crippen molar-refractivity contribution < 1.29 is 4.79 Å². The van der Waals surface area contributed by atoms with Crippen LogP contribution in [0.4, 0.5) is 0 Å². The van der Waals surface area contributed by atoms with E-state index in [9.17, 15) is 4.79 Å². The standard InChI is InChI=1S/C15H22N2O/c1-10-3-4-12(7-11(10)2)8-15(18)17-14(9-16)13-5-6-13/h3-4,7,13-14H,5-6,8-9,16H2,1-2H3,(H,17,18). The van der Waals surface area contributed by atoms with Crippen LogP contribution < -0.4 is 11.1 Å². The fraction of sp³-hybridized carbons (Fsp3) is 0.533. The maximum atomic E-state index is 11.9. The molecule has 0 bridgehead atoms. The minimum absolute atomic E-state index is 0.0839. The van der Waals surface area contributed by atoms with Crippen molar-refractivity contribution in [2.24, 2.45) is 11.7 Å². The number of hydrogen-bond acceptors (Lipinski definition) is 2. The van der Waals surface area contributed by atoms with Gasteiger partial charge in [0.15, 0.2) is 0 Å². The molecule has 1 amide bonds. The molecule has 0 heterocycles. The summed E-state index contributed by atoms with van der Waals surface area (Å²) >= 11 is 0. The first-order valence-electron chi connectivity index (χ1n) is 6.65. The lowest BCUT2D eigenvalue weighted by Crippen LogP contribution is -2.42. The van der Waals surface area contributed by atoms with Crippen LogP contribution in [0.1, 0.15) is 29.5 Å². The Hall–Kier alpha value is -1.35. The van der Waals surface area contributed by atoms with E-state index in [-0.39, 0.29) is 11.9 Å². The van der Waals surface area contributed by atoms with Gasteiger partial charge in [-0.2, -0.15) is 0 Å². The number of carbonyl (C=O) groups is 1. The average Bonchev–Trinajstić information content (AvgIpc) is 3.15. The number of nitrogens with two attached hydrogens (primary N) is 1. The van der Waals surface area contributed by atoms with E-state index >= 15 is 0 Å². The number of amides is 1. The third-order valence-corrected chi connectivity index (χ3v) is 3.73. The molecule has 1 aromatic rings. The number of hydrogen-bond donors (Lipinski definition) is 2. The summed E-state index contributed by atoms with van der Waals surface area (Å²) in [4.78, 5) is 11.9. The van der Waals surface area contributed by atoms with E-state index in [1.807, 2.05) is 6.07 Å². The molecule has 0 radical (unpaired) electrons. The molecule has 0 aliphatic heterocycles. The highest BCUT2D eigenvalue weighted by Crippen LogP contribution is 2.32. The van der Waals surface area contributed by atoms with E-state index in [4.69, 9.17) is 5.73 Å². The van der Waals surface area contributed by atoms with Crippen molar-refractivity contribution in [1.82, 2.24) is 5.32 Å². The molecule has 3 N–H and O–H groups in total. The van der Waals surface area contributed by atoms with Crippen LogP contribution in [-0.2, 0) is 11.2 Å². The Labute approximate surface area is 109 Å². The van der Waals surface area contributed by atoms with Crippen LogP contribution in [0, 0.1) is 19.8 Å². The molecule has 1 saturated carbocycles. The molecule has 0 spiro atoms. The van der Waals surface area contributed by atoms with Crippen LogP contribution in [0.15, 0.2) is 18.2 Å². The highest BCUT2D eigenvalue weighted by atomic mass is 16.1. The second-order valence-electron chi connectivity index (χ2n) is 5.34. The fourth-order valence-corrected chi connectivity index (χ4v) is 2.22. The molecule has 1 aliphatic carbocycles. The SMILES string of the molecule is Cc1ccc(CC(=O)NC(CN)C2CC2)cc1C. The highest BCUT2D eigenvalue weighted by Gasteiger charge is 2.31. The maximum absolute atomic E-state index is 11.9. The summed E-state index contributed by atoms with van der Waals surface area (Å²) < 4.78 is 0. The first-order chi connectivity index (χ1) is 8.60. The molecule has 1 unspecified atom stereocenters. The van der Waals surface area contributed by atoms with Crippen LogP contribution in [0.2, 0.25) is 0 Å².